The van der Waals surface area contributed by atoms with Crippen LogP contribution in [0.4, 0.5) is 0 Å². The quantitative estimate of drug-likeness (QED) is 0.587. The topological polar surface area (TPSA) is 9.23 Å². The van der Waals surface area contributed by atoms with Crippen LogP contribution in [0.25, 0.3) is 10.8 Å². The van der Waals surface area contributed by atoms with Crippen molar-refractivity contribution in [1.29, 1.82) is 0 Å². The normalized spacial score (nSPS) is 22.7. The number of hydrogen-bond donors (Lipinski definition) is 0. The molecule has 1 fully saturated rings. The summed E-state index contributed by atoms with van der Waals surface area (Å²) in [6, 6.07) is 12.8. The molecule has 3 rings (SSSR count). The molecule has 1 saturated carbocycles. The zero-order valence-corrected chi connectivity index (χ0v) is 15.3. The highest BCUT2D eigenvalue weighted by atomic mass is 79.9. The molecule has 0 amide bonds. The van der Waals surface area contributed by atoms with Crippen LogP contribution in [0.2, 0.25) is 0 Å². The zero-order chi connectivity index (χ0) is 15.7. The van der Waals surface area contributed by atoms with E-state index in [2.05, 4.69) is 73.1 Å². The fourth-order valence-electron chi connectivity index (χ4n) is 3.51. The summed E-state index contributed by atoms with van der Waals surface area (Å²) in [5.74, 6) is 1.84. The SMILES string of the molecule is CC(C)(C)C1CCC(Oc2ccc3cc(Br)ccc3c2)CC1. The van der Waals surface area contributed by atoms with Crippen LogP contribution in [-0.2, 0) is 0 Å². The third kappa shape index (κ3) is 3.65. The molecule has 22 heavy (non-hydrogen) atoms. The molecule has 0 bridgehead atoms. The van der Waals surface area contributed by atoms with Gasteiger partial charge >= 0.3 is 0 Å². The summed E-state index contributed by atoms with van der Waals surface area (Å²) in [6.45, 7) is 7.08. The first-order valence-electron chi connectivity index (χ1n) is 8.28. The van der Waals surface area contributed by atoms with E-state index in [9.17, 15) is 0 Å². The highest BCUT2D eigenvalue weighted by Gasteiger charge is 2.30. The van der Waals surface area contributed by atoms with E-state index in [1.54, 1.807) is 0 Å². The molecule has 0 radical (unpaired) electrons. The van der Waals surface area contributed by atoms with E-state index >= 15 is 0 Å². The maximum Gasteiger partial charge on any atom is 0.120 e. The molecule has 118 valence electrons. The summed E-state index contributed by atoms with van der Waals surface area (Å²) in [6.07, 6.45) is 5.32. The Kier molecular flexibility index (Phi) is 4.49. The van der Waals surface area contributed by atoms with Crippen molar-refractivity contribution >= 4 is 26.7 Å². The lowest BCUT2D eigenvalue weighted by molar-refractivity contribution is 0.0883. The summed E-state index contributed by atoms with van der Waals surface area (Å²) in [4.78, 5) is 0. The van der Waals surface area contributed by atoms with Gasteiger partial charge in [0.25, 0.3) is 0 Å². The van der Waals surface area contributed by atoms with Gasteiger partial charge in [0.1, 0.15) is 5.75 Å². The predicted octanol–water partition coefficient (Wildman–Crippen LogP) is 6.59. The van der Waals surface area contributed by atoms with Crippen molar-refractivity contribution in [3.8, 4) is 5.75 Å². The Morgan fingerprint density at radius 1 is 0.909 bits per heavy atom. The highest BCUT2D eigenvalue weighted by Crippen LogP contribution is 2.39. The van der Waals surface area contributed by atoms with Crippen molar-refractivity contribution in [2.24, 2.45) is 11.3 Å². The van der Waals surface area contributed by atoms with Crippen LogP contribution < -0.4 is 4.74 Å². The van der Waals surface area contributed by atoms with Gasteiger partial charge in [-0.05, 0) is 72.1 Å². The molecule has 0 unspecified atom stereocenters. The standard InChI is InChI=1S/C20H25BrO/c1-20(2,3)16-6-10-18(11-7-16)22-19-9-5-14-12-17(21)8-4-15(14)13-19/h4-5,8-9,12-13,16,18H,6-7,10-11H2,1-3H3. The van der Waals surface area contributed by atoms with Crippen molar-refractivity contribution in [2.45, 2.75) is 52.6 Å². The van der Waals surface area contributed by atoms with Crippen LogP contribution in [0.5, 0.6) is 5.75 Å². The smallest absolute Gasteiger partial charge is 0.120 e. The molecule has 0 aliphatic heterocycles. The number of ether oxygens (including phenoxy) is 1. The second-order valence-corrected chi connectivity index (χ2v) is 8.53. The number of hydrogen-bond acceptors (Lipinski definition) is 1. The number of benzene rings is 2. The molecule has 0 aromatic heterocycles. The molecule has 2 heteroatoms. The highest BCUT2D eigenvalue weighted by molar-refractivity contribution is 9.10. The minimum absolute atomic E-state index is 0.381. The van der Waals surface area contributed by atoms with Crippen molar-refractivity contribution in [1.82, 2.24) is 0 Å². The minimum atomic E-state index is 0.381. The Labute approximate surface area is 142 Å². The second kappa shape index (κ2) is 6.23. The van der Waals surface area contributed by atoms with Crippen LogP contribution in [0.15, 0.2) is 40.9 Å². The van der Waals surface area contributed by atoms with E-state index in [-0.39, 0.29) is 0 Å². The summed E-state index contributed by atoms with van der Waals surface area (Å²) < 4.78 is 7.36. The summed E-state index contributed by atoms with van der Waals surface area (Å²) in [5.41, 5.74) is 0.432. The lowest BCUT2D eigenvalue weighted by Gasteiger charge is -2.37. The van der Waals surface area contributed by atoms with Gasteiger partial charge in [-0.1, -0.05) is 48.8 Å². The molecule has 0 atom stereocenters. The van der Waals surface area contributed by atoms with Crippen molar-refractivity contribution < 1.29 is 4.74 Å². The second-order valence-electron chi connectivity index (χ2n) is 7.61. The Morgan fingerprint density at radius 3 is 2.23 bits per heavy atom. The number of fused-ring (bicyclic) bond motifs is 1. The van der Waals surface area contributed by atoms with Gasteiger partial charge in [-0.25, -0.2) is 0 Å². The molecular weight excluding hydrogens is 336 g/mol. The van der Waals surface area contributed by atoms with Crippen LogP contribution in [0.1, 0.15) is 46.5 Å². The van der Waals surface area contributed by atoms with E-state index in [1.165, 1.54) is 36.5 Å². The van der Waals surface area contributed by atoms with Crippen LogP contribution in [0.3, 0.4) is 0 Å². The van der Waals surface area contributed by atoms with Gasteiger partial charge < -0.3 is 4.74 Å². The average Bonchev–Trinajstić information content (AvgIpc) is 2.47. The van der Waals surface area contributed by atoms with Crippen LogP contribution >= 0.6 is 15.9 Å². The fourth-order valence-corrected chi connectivity index (χ4v) is 3.89. The Hall–Kier alpha value is -1.02. The van der Waals surface area contributed by atoms with Gasteiger partial charge in [0.05, 0.1) is 6.10 Å². The van der Waals surface area contributed by atoms with E-state index in [0.29, 0.717) is 11.5 Å². The molecule has 1 aliphatic carbocycles. The van der Waals surface area contributed by atoms with Crippen molar-refractivity contribution in [2.75, 3.05) is 0 Å². The summed E-state index contributed by atoms with van der Waals surface area (Å²) in [5, 5.41) is 2.49. The van der Waals surface area contributed by atoms with Gasteiger partial charge in [-0.2, -0.15) is 0 Å². The van der Waals surface area contributed by atoms with E-state index < -0.39 is 0 Å². The zero-order valence-electron chi connectivity index (χ0n) is 13.7. The molecule has 1 nitrogen and oxygen atoms in total. The van der Waals surface area contributed by atoms with Gasteiger partial charge in [-0.15, -0.1) is 0 Å². The third-order valence-electron chi connectivity index (χ3n) is 4.98. The third-order valence-corrected chi connectivity index (χ3v) is 5.47. The Bertz CT molecular complexity index is 648. The lowest BCUT2D eigenvalue weighted by atomic mass is 9.72. The molecule has 2 aromatic carbocycles. The van der Waals surface area contributed by atoms with Gasteiger partial charge in [-0.3, -0.25) is 0 Å². The monoisotopic (exact) mass is 360 g/mol. The molecule has 2 aromatic rings. The van der Waals surface area contributed by atoms with E-state index in [0.717, 1.165) is 16.1 Å². The van der Waals surface area contributed by atoms with E-state index in [1.807, 2.05) is 0 Å². The maximum absolute atomic E-state index is 6.24. The molecule has 1 aliphatic rings. The van der Waals surface area contributed by atoms with Gasteiger partial charge in [0, 0.05) is 4.47 Å². The number of halogens is 1. The first-order chi connectivity index (χ1) is 10.4. The summed E-state index contributed by atoms with van der Waals surface area (Å²) >= 11 is 3.52. The average molecular weight is 361 g/mol. The summed E-state index contributed by atoms with van der Waals surface area (Å²) in [7, 11) is 0. The predicted molar refractivity (Wildman–Crippen MR) is 97.5 cm³/mol. The van der Waals surface area contributed by atoms with E-state index in [4.69, 9.17) is 4.74 Å². The van der Waals surface area contributed by atoms with Crippen molar-refractivity contribution in [3.63, 3.8) is 0 Å². The molecular formula is C20H25BrO. The van der Waals surface area contributed by atoms with Crippen LogP contribution in [0, 0.1) is 11.3 Å². The maximum atomic E-state index is 6.24. The largest absolute Gasteiger partial charge is 0.490 e. The Morgan fingerprint density at radius 2 is 1.55 bits per heavy atom. The van der Waals surface area contributed by atoms with Crippen molar-refractivity contribution in [3.05, 3.63) is 40.9 Å². The first kappa shape index (κ1) is 15.9. The molecule has 0 N–H and O–H groups in total. The number of rotatable bonds is 2. The Balaban J connectivity index is 1.66. The lowest BCUT2D eigenvalue weighted by Crippen LogP contribution is -2.30. The van der Waals surface area contributed by atoms with Gasteiger partial charge in [0.15, 0.2) is 0 Å². The first-order valence-corrected chi connectivity index (χ1v) is 9.07. The molecule has 0 heterocycles. The van der Waals surface area contributed by atoms with Crippen LogP contribution in [-0.4, -0.2) is 6.10 Å². The molecule has 0 saturated heterocycles. The minimum Gasteiger partial charge on any atom is -0.490 e. The fraction of sp³-hybridized carbons (Fsp3) is 0.500. The molecule has 0 spiro atoms. The van der Waals surface area contributed by atoms with Gasteiger partial charge in [0.2, 0.25) is 0 Å².